The number of piperidine rings is 1. The lowest BCUT2D eigenvalue weighted by Crippen LogP contribution is -2.47. The van der Waals surface area contributed by atoms with Gasteiger partial charge in [0.1, 0.15) is 5.78 Å². The van der Waals surface area contributed by atoms with Gasteiger partial charge in [-0.05, 0) is 5.92 Å². The van der Waals surface area contributed by atoms with Crippen molar-refractivity contribution in [2.45, 2.75) is 32.1 Å². The summed E-state index contributed by atoms with van der Waals surface area (Å²) in [5.74, 6) is -1.88. The molecule has 86 valence electrons. The predicted octanol–water partition coefficient (Wildman–Crippen LogP) is 1.94. The van der Waals surface area contributed by atoms with Gasteiger partial charge in [0.05, 0.1) is 0 Å². The van der Waals surface area contributed by atoms with Crippen LogP contribution in [0.4, 0.5) is 8.78 Å². The molecule has 2 fully saturated rings. The van der Waals surface area contributed by atoms with Crippen molar-refractivity contribution in [3.05, 3.63) is 0 Å². The molecule has 0 aromatic carbocycles. The van der Waals surface area contributed by atoms with Gasteiger partial charge in [0.2, 0.25) is 5.92 Å². The first-order valence-electron chi connectivity index (χ1n) is 5.59. The smallest absolute Gasteiger partial charge is 0.248 e. The molecule has 1 aliphatic carbocycles. The molecule has 0 unspecified atom stereocenters. The van der Waals surface area contributed by atoms with Crippen molar-refractivity contribution in [1.82, 2.24) is 4.90 Å². The van der Waals surface area contributed by atoms with Crippen LogP contribution in [0.3, 0.4) is 0 Å². The quantitative estimate of drug-likeness (QED) is 0.704. The number of carbonyl (C=O) groups is 1. The van der Waals surface area contributed by atoms with Crippen molar-refractivity contribution in [3.63, 3.8) is 0 Å². The zero-order chi connectivity index (χ0) is 11.1. The van der Waals surface area contributed by atoms with Crippen LogP contribution < -0.4 is 0 Å². The van der Waals surface area contributed by atoms with Crippen LogP contribution >= 0.6 is 0 Å². The van der Waals surface area contributed by atoms with Gasteiger partial charge in [0.25, 0.3) is 0 Å². The zero-order valence-electron chi connectivity index (χ0n) is 9.01. The molecule has 15 heavy (non-hydrogen) atoms. The zero-order valence-corrected chi connectivity index (χ0v) is 9.01. The van der Waals surface area contributed by atoms with Crippen LogP contribution in [0.25, 0.3) is 0 Å². The summed E-state index contributed by atoms with van der Waals surface area (Å²) in [4.78, 5) is 13.4. The molecule has 0 aromatic heterocycles. The van der Waals surface area contributed by atoms with Gasteiger partial charge in [-0.15, -0.1) is 0 Å². The molecule has 0 amide bonds. The predicted molar refractivity (Wildman–Crippen MR) is 52.9 cm³/mol. The maximum atomic E-state index is 12.6. The van der Waals surface area contributed by atoms with Crippen LogP contribution in [0.15, 0.2) is 0 Å². The number of carbonyl (C=O) groups excluding carboxylic acids is 1. The maximum Gasteiger partial charge on any atom is 0.248 e. The van der Waals surface area contributed by atoms with Gasteiger partial charge >= 0.3 is 0 Å². The summed E-state index contributed by atoms with van der Waals surface area (Å²) in [5.41, 5.74) is 0. The fourth-order valence-electron chi connectivity index (χ4n) is 2.54. The third-order valence-corrected chi connectivity index (χ3v) is 3.45. The van der Waals surface area contributed by atoms with E-state index in [1.165, 1.54) is 0 Å². The van der Waals surface area contributed by atoms with E-state index in [0.29, 0.717) is 12.2 Å². The Bertz CT molecular complexity index is 259. The maximum absolute atomic E-state index is 12.6. The summed E-state index contributed by atoms with van der Waals surface area (Å²) >= 11 is 0. The molecule has 0 radical (unpaired) electrons. The summed E-state index contributed by atoms with van der Waals surface area (Å²) in [5, 5.41) is 0. The third-order valence-electron chi connectivity index (χ3n) is 3.45. The number of likely N-dealkylation sites (tertiary alicyclic amines) is 1. The Kier molecular flexibility index (Phi) is 2.79. The fourth-order valence-corrected chi connectivity index (χ4v) is 2.54. The minimum atomic E-state index is -2.41. The molecule has 2 rings (SSSR count). The molecule has 1 aliphatic heterocycles. The molecule has 0 N–H and O–H groups in total. The fraction of sp³-hybridized carbons (Fsp3) is 0.909. The van der Waals surface area contributed by atoms with Crippen molar-refractivity contribution in [1.29, 1.82) is 0 Å². The number of alkyl halides is 2. The summed E-state index contributed by atoms with van der Waals surface area (Å²) in [6, 6.07) is 0. The van der Waals surface area contributed by atoms with Crippen LogP contribution in [0.5, 0.6) is 0 Å². The topological polar surface area (TPSA) is 20.3 Å². The summed E-state index contributed by atoms with van der Waals surface area (Å²) in [6.45, 7) is 4.17. The van der Waals surface area contributed by atoms with Crippen LogP contribution in [-0.4, -0.2) is 36.2 Å². The highest BCUT2D eigenvalue weighted by Gasteiger charge is 2.45. The lowest BCUT2D eigenvalue weighted by molar-refractivity contribution is -0.130. The van der Waals surface area contributed by atoms with Crippen LogP contribution in [0, 0.1) is 11.8 Å². The van der Waals surface area contributed by atoms with E-state index in [1.54, 1.807) is 0 Å². The molecule has 1 saturated heterocycles. The number of halogens is 2. The summed E-state index contributed by atoms with van der Waals surface area (Å²) < 4.78 is 25.2. The lowest BCUT2D eigenvalue weighted by atomic mass is 9.80. The van der Waals surface area contributed by atoms with Crippen molar-refractivity contribution in [2.75, 3.05) is 19.6 Å². The summed E-state index contributed by atoms with van der Waals surface area (Å²) in [6.07, 6.45) is 0.655. The van der Waals surface area contributed by atoms with Gasteiger partial charge in [-0.25, -0.2) is 8.78 Å². The van der Waals surface area contributed by atoms with E-state index in [4.69, 9.17) is 0 Å². The monoisotopic (exact) mass is 217 g/mol. The molecule has 2 aliphatic rings. The molecular formula is C11H17F2NO. The lowest BCUT2D eigenvalue weighted by Gasteiger charge is -2.40. The second kappa shape index (κ2) is 3.81. The average Bonchev–Trinajstić information content (AvgIpc) is 2.08. The van der Waals surface area contributed by atoms with E-state index >= 15 is 0 Å². The highest BCUT2D eigenvalue weighted by Crippen LogP contribution is 2.42. The van der Waals surface area contributed by atoms with E-state index in [2.05, 4.69) is 4.90 Å². The van der Waals surface area contributed by atoms with Crippen molar-refractivity contribution >= 4 is 5.78 Å². The first-order chi connectivity index (χ1) is 6.96. The van der Waals surface area contributed by atoms with Gasteiger partial charge in [0.15, 0.2) is 0 Å². The van der Waals surface area contributed by atoms with Crippen LogP contribution in [0.1, 0.15) is 26.2 Å². The largest absolute Gasteiger partial charge is 0.302 e. The third kappa shape index (κ3) is 2.54. The second-order valence-corrected chi connectivity index (χ2v) is 5.01. The Labute approximate surface area is 88.6 Å². The molecule has 1 atom stereocenters. The van der Waals surface area contributed by atoms with Crippen molar-refractivity contribution in [2.24, 2.45) is 11.8 Å². The van der Waals surface area contributed by atoms with E-state index in [1.807, 2.05) is 6.92 Å². The Hall–Kier alpha value is -0.510. The Balaban J connectivity index is 1.75. The highest BCUT2D eigenvalue weighted by molar-refractivity contribution is 5.81. The first-order valence-corrected chi connectivity index (χ1v) is 5.59. The standard InChI is InChI=1S/C11H17F2NO/c1-8-6-14(3-2-10(8)15)7-9-4-11(12,13)5-9/h8-9H,2-7H2,1H3/t8-/m0/s1. The molecule has 0 aromatic rings. The molecule has 2 nitrogen and oxygen atoms in total. The van der Waals surface area contributed by atoms with Crippen molar-refractivity contribution in [3.8, 4) is 0 Å². The van der Waals surface area contributed by atoms with E-state index in [9.17, 15) is 13.6 Å². The van der Waals surface area contributed by atoms with Gasteiger partial charge in [-0.2, -0.15) is 0 Å². The van der Waals surface area contributed by atoms with Crippen LogP contribution in [-0.2, 0) is 4.79 Å². The van der Waals surface area contributed by atoms with E-state index in [0.717, 1.165) is 19.6 Å². The molecule has 0 spiro atoms. The minimum absolute atomic E-state index is 0.0336. The number of nitrogens with zero attached hydrogens (tertiary/aromatic N) is 1. The van der Waals surface area contributed by atoms with Crippen LogP contribution in [0.2, 0.25) is 0 Å². The number of rotatable bonds is 2. The molecule has 4 heteroatoms. The van der Waals surface area contributed by atoms with Crippen molar-refractivity contribution < 1.29 is 13.6 Å². The number of hydrogen-bond donors (Lipinski definition) is 0. The molecular weight excluding hydrogens is 200 g/mol. The van der Waals surface area contributed by atoms with Gasteiger partial charge in [-0.3, -0.25) is 4.79 Å². The SMILES string of the molecule is C[C@H]1CN(CC2CC(F)(F)C2)CCC1=O. The van der Waals surface area contributed by atoms with E-state index < -0.39 is 5.92 Å². The number of hydrogen-bond acceptors (Lipinski definition) is 2. The Morgan fingerprint density at radius 2 is 2.13 bits per heavy atom. The second-order valence-electron chi connectivity index (χ2n) is 5.01. The normalized spacial score (nSPS) is 32.7. The molecule has 0 bridgehead atoms. The number of ketones is 1. The number of Topliss-reactive ketones (excluding diaryl/α,β-unsaturated/α-hetero) is 1. The highest BCUT2D eigenvalue weighted by atomic mass is 19.3. The first kappa shape index (κ1) is 11.0. The minimum Gasteiger partial charge on any atom is -0.302 e. The molecule has 1 heterocycles. The molecule has 1 saturated carbocycles. The van der Waals surface area contributed by atoms with Gasteiger partial charge < -0.3 is 4.90 Å². The summed E-state index contributed by atoms with van der Waals surface area (Å²) in [7, 11) is 0. The van der Waals surface area contributed by atoms with E-state index in [-0.39, 0.29) is 24.7 Å². The van der Waals surface area contributed by atoms with Gasteiger partial charge in [0, 0.05) is 44.8 Å². The average molecular weight is 217 g/mol. The Morgan fingerprint density at radius 3 is 2.67 bits per heavy atom. The van der Waals surface area contributed by atoms with Gasteiger partial charge in [-0.1, -0.05) is 6.92 Å². The Morgan fingerprint density at radius 1 is 1.47 bits per heavy atom.